The average Bonchev–Trinajstić information content (AvgIpc) is 2.74. The van der Waals surface area contributed by atoms with E-state index in [1.54, 1.807) is 12.3 Å². The number of hydrogen-bond acceptors (Lipinski definition) is 4. The van der Waals surface area contributed by atoms with Crippen LogP contribution in [0.5, 0.6) is 0 Å². The van der Waals surface area contributed by atoms with Crippen molar-refractivity contribution in [3.63, 3.8) is 0 Å². The zero-order valence-electron chi connectivity index (χ0n) is 8.45. The minimum Gasteiger partial charge on any atom is -0.368 e. The standard InChI is InChI=1S/C10H9Cl2N3S/c1-6(14-10-5-13-15-16-10)7-2-3-8(11)9(12)4-7/h2-6,14H,1H3. The second-order valence-electron chi connectivity index (χ2n) is 3.32. The summed E-state index contributed by atoms with van der Waals surface area (Å²) in [6.45, 7) is 2.04. The van der Waals surface area contributed by atoms with Crippen molar-refractivity contribution in [3.05, 3.63) is 40.0 Å². The summed E-state index contributed by atoms with van der Waals surface area (Å²) in [4.78, 5) is 0. The van der Waals surface area contributed by atoms with E-state index >= 15 is 0 Å². The number of benzene rings is 1. The molecule has 0 aliphatic rings. The lowest BCUT2D eigenvalue weighted by atomic mass is 10.1. The lowest BCUT2D eigenvalue weighted by molar-refractivity contribution is 0.888. The number of anilines is 1. The van der Waals surface area contributed by atoms with E-state index in [1.807, 2.05) is 19.1 Å². The van der Waals surface area contributed by atoms with E-state index < -0.39 is 0 Å². The van der Waals surface area contributed by atoms with Crippen molar-refractivity contribution in [1.82, 2.24) is 9.59 Å². The van der Waals surface area contributed by atoms with Gasteiger partial charge in [0.05, 0.1) is 16.2 Å². The molecule has 0 bridgehead atoms. The van der Waals surface area contributed by atoms with Gasteiger partial charge < -0.3 is 5.32 Å². The Bertz CT molecular complexity index is 473. The average molecular weight is 274 g/mol. The summed E-state index contributed by atoms with van der Waals surface area (Å²) in [5.74, 6) is 0. The normalized spacial score (nSPS) is 12.4. The highest BCUT2D eigenvalue weighted by Gasteiger charge is 2.08. The van der Waals surface area contributed by atoms with Gasteiger partial charge in [-0.3, -0.25) is 0 Å². The Kier molecular flexibility index (Phi) is 3.63. The minimum absolute atomic E-state index is 0.136. The molecule has 16 heavy (non-hydrogen) atoms. The topological polar surface area (TPSA) is 37.8 Å². The lowest BCUT2D eigenvalue weighted by Crippen LogP contribution is -2.05. The fraction of sp³-hybridized carbons (Fsp3) is 0.200. The van der Waals surface area contributed by atoms with E-state index in [4.69, 9.17) is 23.2 Å². The van der Waals surface area contributed by atoms with Gasteiger partial charge in [-0.05, 0) is 24.6 Å². The summed E-state index contributed by atoms with van der Waals surface area (Å²) in [6, 6.07) is 5.73. The Labute approximate surface area is 108 Å². The van der Waals surface area contributed by atoms with Crippen LogP contribution < -0.4 is 5.32 Å². The van der Waals surface area contributed by atoms with Crippen LogP contribution >= 0.6 is 34.7 Å². The Morgan fingerprint density at radius 3 is 2.75 bits per heavy atom. The van der Waals surface area contributed by atoms with Gasteiger partial charge in [0.15, 0.2) is 0 Å². The maximum Gasteiger partial charge on any atom is 0.130 e. The highest BCUT2D eigenvalue weighted by molar-refractivity contribution is 7.09. The van der Waals surface area contributed by atoms with Crippen LogP contribution in [-0.2, 0) is 0 Å². The quantitative estimate of drug-likeness (QED) is 0.918. The van der Waals surface area contributed by atoms with E-state index in [0.29, 0.717) is 10.0 Å². The number of nitrogens with zero attached hydrogens (tertiary/aromatic N) is 2. The number of halogens is 2. The summed E-state index contributed by atoms with van der Waals surface area (Å²) in [5.41, 5.74) is 1.07. The molecule has 1 aromatic carbocycles. The van der Waals surface area contributed by atoms with Gasteiger partial charge in [0, 0.05) is 17.6 Å². The van der Waals surface area contributed by atoms with Crippen LogP contribution in [-0.4, -0.2) is 9.59 Å². The summed E-state index contributed by atoms with van der Waals surface area (Å²) in [7, 11) is 0. The molecule has 1 aromatic heterocycles. The van der Waals surface area contributed by atoms with Gasteiger partial charge in [-0.15, -0.1) is 5.10 Å². The molecule has 0 amide bonds. The van der Waals surface area contributed by atoms with E-state index in [2.05, 4.69) is 14.9 Å². The molecule has 0 fully saturated rings. The van der Waals surface area contributed by atoms with Crippen molar-refractivity contribution < 1.29 is 0 Å². The molecular formula is C10H9Cl2N3S. The molecule has 6 heteroatoms. The molecule has 1 N–H and O–H groups in total. The molecule has 1 unspecified atom stereocenters. The SMILES string of the molecule is CC(Nc1cnns1)c1ccc(Cl)c(Cl)c1. The first kappa shape index (κ1) is 11.6. The Morgan fingerprint density at radius 1 is 1.31 bits per heavy atom. The molecule has 2 rings (SSSR count). The third-order valence-corrected chi connectivity index (χ3v) is 3.50. The predicted molar refractivity (Wildman–Crippen MR) is 68.4 cm³/mol. The van der Waals surface area contributed by atoms with Crippen molar-refractivity contribution in [1.29, 1.82) is 0 Å². The summed E-state index contributed by atoms with van der Waals surface area (Å²) >= 11 is 13.1. The summed E-state index contributed by atoms with van der Waals surface area (Å²) in [5, 5.41) is 9.10. The van der Waals surface area contributed by atoms with Crippen LogP contribution in [0.1, 0.15) is 18.5 Å². The number of hydrogen-bond donors (Lipinski definition) is 1. The van der Waals surface area contributed by atoms with Gasteiger partial charge in [0.2, 0.25) is 0 Å². The second-order valence-corrected chi connectivity index (χ2v) is 4.92. The van der Waals surface area contributed by atoms with E-state index in [9.17, 15) is 0 Å². The molecule has 0 aliphatic heterocycles. The first-order chi connectivity index (χ1) is 7.66. The first-order valence-electron chi connectivity index (χ1n) is 4.65. The van der Waals surface area contributed by atoms with Crippen LogP contribution in [0.25, 0.3) is 0 Å². The van der Waals surface area contributed by atoms with Gasteiger partial charge in [0.25, 0.3) is 0 Å². The maximum atomic E-state index is 5.96. The van der Waals surface area contributed by atoms with E-state index in [1.165, 1.54) is 11.5 Å². The largest absolute Gasteiger partial charge is 0.368 e. The zero-order chi connectivity index (χ0) is 11.5. The Balaban J connectivity index is 2.14. The molecule has 0 aliphatic carbocycles. The monoisotopic (exact) mass is 273 g/mol. The Hall–Kier alpha value is -0.840. The second kappa shape index (κ2) is 4.99. The molecule has 0 spiro atoms. The number of nitrogens with one attached hydrogen (secondary N) is 1. The van der Waals surface area contributed by atoms with Crippen molar-refractivity contribution in [2.24, 2.45) is 0 Å². The lowest BCUT2D eigenvalue weighted by Gasteiger charge is -2.13. The predicted octanol–water partition coefficient (Wildman–Crippen LogP) is 4.02. The Morgan fingerprint density at radius 2 is 2.12 bits per heavy atom. The van der Waals surface area contributed by atoms with Crippen molar-refractivity contribution in [2.45, 2.75) is 13.0 Å². The highest BCUT2D eigenvalue weighted by atomic mass is 35.5. The summed E-state index contributed by atoms with van der Waals surface area (Å²) < 4.78 is 3.78. The molecule has 0 radical (unpaired) electrons. The third-order valence-electron chi connectivity index (χ3n) is 2.16. The van der Waals surface area contributed by atoms with Gasteiger partial charge in [-0.2, -0.15) is 0 Å². The van der Waals surface area contributed by atoms with E-state index in [-0.39, 0.29) is 6.04 Å². The molecule has 0 saturated carbocycles. The van der Waals surface area contributed by atoms with Crippen LogP contribution in [0.2, 0.25) is 10.0 Å². The third kappa shape index (κ3) is 2.64. The number of aromatic nitrogens is 2. The van der Waals surface area contributed by atoms with Gasteiger partial charge in [-0.1, -0.05) is 33.8 Å². The molecule has 0 saturated heterocycles. The van der Waals surface area contributed by atoms with Crippen LogP contribution in [0.4, 0.5) is 5.00 Å². The highest BCUT2D eigenvalue weighted by Crippen LogP contribution is 2.27. The molecular weight excluding hydrogens is 265 g/mol. The van der Waals surface area contributed by atoms with Gasteiger partial charge in [-0.25, -0.2) is 0 Å². The molecule has 1 atom stereocenters. The fourth-order valence-corrected chi connectivity index (χ4v) is 2.12. The minimum atomic E-state index is 0.136. The first-order valence-corrected chi connectivity index (χ1v) is 6.18. The zero-order valence-corrected chi connectivity index (χ0v) is 10.8. The molecule has 1 heterocycles. The maximum absolute atomic E-state index is 5.96. The van der Waals surface area contributed by atoms with Crippen molar-refractivity contribution in [3.8, 4) is 0 Å². The van der Waals surface area contributed by atoms with Crippen LogP contribution in [0.15, 0.2) is 24.4 Å². The van der Waals surface area contributed by atoms with Gasteiger partial charge >= 0.3 is 0 Å². The molecule has 3 nitrogen and oxygen atoms in total. The smallest absolute Gasteiger partial charge is 0.130 e. The van der Waals surface area contributed by atoms with E-state index in [0.717, 1.165) is 10.6 Å². The summed E-state index contributed by atoms with van der Waals surface area (Å²) in [6.07, 6.45) is 1.69. The van der Waals surface area contributed by atoms with Crippen LogP contribution in [0.3, 0.4) is 0 Å². The number of rotatable bonds is 3. The molecule has 84 valence electrons. The molecule has 2 aromatic rings. The fourth-order valence-electron chi connectivity index (χ4n) is 1.31. The van der Waals surface area contributed by atoms with Gasteiger partial charge in [0.1, 0.15) is 5.00 Å². The van der Waals surface area contributed by atoms with Crippen molar-refractivity contribution >= 4 is 39.7 Å². The van der Waals surface area contributed by atoms with Crippen molar-refractivity contribution in [2.75, 3.05) is 5.32 Å². The van der Waals surface area contributed by atoms with Crippen LogP contribution in [0, 0.1) is 0 Å².